The number of hydrogen-bond donors (Lipinski definition) is 0. The number of halogens is 1. The zero-order valence-electron chi connectivity index (χ0n) is 24.4. The summed E-state index contributed by atoms with van der Waals surface area (Å²) in [5.41, 5.74) is 3.73. The first-order valence-corrected chi connectivity index (χ1v) is 16.2. The summed E-state index contributed by atoms with van der Waals surface area (Å²) < 4.78 is 21.7. The number of aromatic nitrogens is 1. The topological polar surface area (TPSA) is 75.9 Å². The Balaban J connectivity index is 1.21. The maximum Gasteiger partial charge on any atom is 0.282 e. The molecule has 1 aromatic carbocycles. The number of rotatable bonds is 7. The Morgan fingerprint density at radius 2 is 2.00 bits per heavy atom. The van der Waals surface area contributed by atoms with Crippen molar-refractivity contribution in [3.63, 3.8) is 0 Å². The molecule has 6 heterocycles. The van der Waals surface area contributed by atoms with Crippen molar-refractivity contribution in [1.29, 1.82) is 5.26 Å². The lowest BCUT2D eigenvalue weighted by Gasteiger charge is -2.42. The molecule has 4 aliphatic heterocycles. The molecule has 4 aliphatic rings. The van der Waals surface area contributed by atoms with Crippen molar-refractivity contribution in [1.82, 2.24) is 14.8 Å². The summed E-state index contributed by atoms with van der Waals surface area (Å²) in [6, 6.07) is 12.6. The molecular weight excluding hydrogens is 563 g/mol. The summed E-state index contributed by atoms with van der Waals surface area (Å²) in [6.45, 7) is 8.94. The first-order chi connectivity index (χ1) is 21.0. The van der Waals surface area contributed by atoms with Crippen LogP contribution in [0.2, 0.25) is 0 Å². The quantitative estimate of drug-likeness (QED) is 0.342. The fraction of sp³-hybridized carbons (Fsp3) is 0.485. The fourth-order valence-corrected chi connectivity index (χ4v) is 8.55. The van der Waals surface area contributed by atoms with Gasteiger partial charge in [-0.1, -0.05) is 12.6 Å². The van der Waals surface area contributed by atoms with E-state index in [2.05, 4.69) is 63.1 Å². The van der Waals surface area contributed by atoms with Gasteiger partial charge in [-0.15, -0.1) is 11.3 Å². The van der Waals surface area contributed by atoms with Crippen molar-refractivity contribution in [2.45, 2.75) is 56.7 Å². The number of amides is 1. The van der Waals surface area contributed by atoms with E-state index in [-0.39, 0.29) is 12.0 Å². The zero-order chi connectivity index (χ0) is 29.6. The molecule has 2 aromatic heterocycles. The van der Waals surface area contributed by atoms with Gasteiger partial charge in [-0.2, -0.15) is 10.2 Å². The first-order valence-electron chi connectivity index (χ1n) is 15.3. The van der Waals surface area contributed by atoms with E-state index in [9.17, 15) is 14.4 Å². The molecule has 3 fully saturated rings. The van der Waals surface area contributed by atoms with Gasteiger partial charge in [0.2, 0.25) is 5.88 Å². The zero-order valence-corrected chi connectivity index (χ0v) is 25.3. The smallest absolute Gasteiger partial charge is 0.282 e. The van der Waals surface area contributed by atoms with Crippen LogP contribution >= 0.6 is 11.3 Å². The molecule has 0 N–H and O–H groups in total. The molecule has 0 radical (unpaired) electrons. The number of ether oxygens (including phenoxy) is 1. The van der Waals surface area contributed by atoms with Crippen LogP contribution in [0.15, 0.2) is 48.1 Å². The molecule has 10 heteroatoms. The minimum absolute atomic E-state index is 0.108. The van der Waals surface area contributed by atoms with Gasteiger partial charge in [0.1, 0.15) is 12.4 Å². The molecule has 7 rings (SSSR count). The number of pyridine rings is 1. The summed E-state index contributed by atoms with van der Waals surface area (Å²) >= 11 is 1.76. The van der Waals surface area contributed by atoms with Crippen LogP contribution in [0.5, 0.6) is 5.88 Å². The van der Waals surface area contributed by atoms with Crippen LogP contribution < -0.4 is 14.5 Å². The van der Waals surface area contributed by atoms with Crippen LogP contribution in [-0.2, 0) is 17.8 Å². The normalized spacial score (nSPS) is 21.5. The van der Waals surface area contributed by atoms with Gasteiger partial charge in [0, 0.05) is 60.1 Å². The molecule has 0 bridgehead atoms. The molecule has 0 spiro atoms. The number of fused-ring (bicyclic) bond motifs is 3. The highest BCUT2D eigenvalue weighted by Gasteiger charge is 2.45. The molecule has 0 saturated carbocycles. The number of anilines is 2. The van der Waals surface area contributed by atoms with Crippen molar-refractivity contribution in [2.75, 3.05) is 55.7 Å². The predicted molar refractivity (Wildman–Crippen MR) is 167 cm³/mol. The highest BCUT2D eigenvalue weighted by Crippen LogP contribution is 2.41. The fourth-order valence-electron chi connectivity index (χ4n) is 7.74. The molecule has 1 amide bonds. The Morgan fingerprint density at radius 3 is 2.79 bits per heavy atom. The molecule has 0 unspecified atom stereocenters. The minimum atomic E-state index is -0.990. The van der Waals surface area contributed by atoms with E-state index in [0.29, 0.717) is 32.1 Å². The Morgan fingerprint density at radius 1 is 1.16 bits per heavy atom. The number of carbonyl (C=O) groups excluding carboxylic acids is 1. The summed E-state index contributed by atoms with van der Waals surface area (Å²) in [6.07, 6.45) is 5.68. The van der Waals surface area contributed by atoms with Gasteiger partial charge in [-0.05, 0) is 74.3 Å². The molecule has 43 heavy (non-hydrogen) atoms. The van der Waals surface area contributed by atoms with Crippen molar-refractivity contribution < 1.29 is 13.9 Å². The lowest BCUT2D eigenvalue weighted by molar-refractivity contribution is -0.131. The Labute approximate surface area is 255 Å². The van der Waals surface area contributed by atoms with E-state index in [1.807, 2.05) is 0 Å². The highest BCUT2D eigenvalue weighted by molar-refractivity contribution is 7.17. The Bertz CT molecular complexity index is 1590. The largest absolute Gasteiger partial charge is 0.476 e. The number of thiophene rings is 1. The van der Waals surface area contributed by atoms with Crippen LogP contribution in [0, 0.1) is 11.3 Å². The number of hydrogen-bond acceptors (Lipinski definition) is 8. The lowest BCUT2D eigenvalue weighted by atomic mass is 9.95. The third-order valence-corrected chi connectivity index (χ3v) is 10.8. The minimum Gasteiger partial charge on any atom is -0.476 e. The van der Waals surface area contributed by atoms with Gasteiger partial charge in [0.25, 0.3) is 5.91 Å². The van der Waals surface area contributed by atoms with Crippen molar-refractivity contribution in [3.05, 3.63) is 59.2 Å². The third-order valence-electron chi connectivity index (χ3n) is 9.88. The Kier molecular flexibility index (Phi) is 7.48. The highest BCUT2D eigenvalue weighted by atomic mass is 32.1. The summed E-state index contributed by atoms with van der Waals surface area (Å²) in [5.74, 6) is -0.232. The van der Waals surface area contributed by atoms with Gasteiger partial charge in [-0.3, -0.25) is 9.69 Å². The second-order valence-electron chi connectivity index (χ2n) is 12.3. The molecule has 224 valence electrons. The number of carbonyl (C=O) groups is 1. The summed E-state index contributed by atoms with van der Waals surface area (Å²) in [7, 11) is 0. The SMILES string of the molecule is C=C(F)C(=O)N1CCN(c2nc(OCC34CCCN3CCC4)cc3c2CCN(c2cccc4sccc24)C3)C[C@@H]1CC#N. The number of benzene rings is 1. The monoisotopic (exact) mass is 600 g/mol. The van der Waals surface area contributed by atoms with Gasteiger partial charge in [-0.25, -0.2) is 4.39 Å². The van der Waals surface area contributed by atoms with Crippen LogP contribution in [0.3, 0.4) is 0 Å². The average molecular weight is 601 g/mol. The van der Waals surface area contributed by atoms with Crippen LogP contribution in [0.4, 0.5) is 15.9 Å². The molecule has 0 aliphatic carbocycles. The second kappa shape index (κ2) is 11.4. The van der Waals surface area contributed by atoms with Crippen molar-refractivity contribution >= 4 is 38.8 Å². The summed E-state index contributed by atoms with van der Waals surface area (Å²) in [4.78, 5) is 26.3. The van der Waals surface area contributed by atoms with Crippen molar-refractivity contribution in [2.24, 2.45) is 0 Å². The standard InChI is InChI=1S/C33H37FN6O2S/c1-23(34)32(41)40-17-16-38(21-25(40)7-12-35)31-26-8-15-37(28-5-2-6-29-27(28)9-18-43-29)20-24(26)19-30(36-31)42-22-33-10-3-13-39(33)14-4-11-33/h2,5-6,9,18-19,25H,1,3-4,7-8,10-11,13-17,20-22H2/t25-/m0/s1. The van der Waals surface area contributed by atoms with E-state index in [0.717, 1.165) is 51.3 Å². The maximum absolute atomic E-state index is 13.8. The van der Waals surface area contributed by atoms with Gasteiger partial charge in [0.05, 0.1) is 24.1 Å². The van der Waals surface area contributed by atoms with E-state index in [1.54, 1.807) is 11.3 Å². The maximum atomic E-state index is 13.8. The van der Waals surface area contributed by atoms with Crippen LogP contribution in [-0.4, -0.2) is 78.1 Å². The molecule has 1 atom stereocenters. The van der Waals surface area contributed by atoms with Gasteiger partial charge >= 0.3 is 0 Å². The van der Waals surface area contributed by atoms with E-state index < -0.39 is 17.8 Å². The van der Waals surface area contributed by atoms with E-state index in [1.165, 1.54) is 44.6 Å². The number of nitriles is 1. The second-order valence-corrected chi connectivity index (χ2v) is 13.2. The molecule has 3 aromatic rings. The van der Waals surface area contributed by atoms with Crippen LogP contribution in [0.1, 0.15) is 43.2 Å². The molecule has 8 nitrogen and oxygen atoms in total. The molecular formula is C33H37FN6O2S. The Hall–Kier alpha value is -3.68. The lowest BCUT2D eigenvalue weighted by Crippen LogP contribution is -2.55. The van der Waals surface area contributed by atoms with E-state index >= 15 is 0 Å². The number of nitrogens with zero attached hydrogens (tertiary/aromatic N) is 6. The van der Waals surface area contributed by atoms with Crippen molar-refractivity contribution in [3.8, 4) is 11.9 Å². The third kappa shape index (κ3) is 5.12. The van der Waals surface area contributed by atoms with Gasteiger partial charge in [0.15, 0.2) is 5.83 Å². The molecule has 3 saturated heterocycles. The van der Waals surface area contributed by atoms with E-state index in [4.69, 9.17) is 9.72 Å². The summed E-state index contributed by atoms with van der Waals surface area (Å²) in [5, 5.41) is 13.0. The number of piperazine rings is 1. The first kappa shape index (κ1) is 28.1. The average Bonchev–Trinajstić information content (AvgIpc) is 3.75. The predicted octanol–water partition coefficient (Wildman–Crippen LogP) is 5.28. The van der Waals surface area contributed by atoms with Gasteiger partial charge < -0.3 is 19.4 Å². The van der Waals surface area contributed by atoms with Crippen LogP contribution in [0.25, 0.3) is 10.1 Å².